The molecule has 5 rings (SSSR count). The third-order valence-electron chi connectivity index (χ3n) is 10.5. The quantitative estimate of drug-likeness (QED) is 0.250. The Hall–Kier alpha value is -3.71. The predicted octanol–water partition coefficient (Wildman–Crippen LogP) is 7.38. The molecular weight excluding hydrogens is 568 g/mol. The lowest BCUT2D eigenvalue weighted by Crippen LogP contribution is -2.67. The maximum Gasteiger partial charge on any atom is 0.209 e. The van der Waals surface area contributed by atoms with Gasteiger partial charge in [0.1, 0.15) is 22.8 Å². The largest absolute Gasteiger partial charge is 0.511 e. The van der Waals surface area contributed by atoms with Gasteiger partial charge in [-0.1, -0.05) is 78.8 Å². The van der Waals surface area contributed by atoms with E-state index in [2.05, 4.69) is 20.8 Å². The SMILES string of the molecule is CC(=O)C1=C(O)C(C(C)C)[C@@]2(C)C[C@@]3(C)Cc4c(-c5ccccc5)cc(CCCC(C)(C)C)c(O)c4C(=O)C3=C(O)[C@@]2(O)C1=O. The molecule has 3 aliphatic rings. The number of aromatic hydroxyl groups is 1. The number of phenolic OH excluding ortho intramolecular Hbond substituents is 1. The predicted molar refractivity (Wildman–Crippen MR) is 173 cm³/mol. The summed E-state index contributed by atoms with van der Waals surface area (Å²) in [6.07, 6.45) is 2.53. The van der Waals surface area contributed by atoms with Crippen LogP contribution in [0.4, 0.5) is 0 Å². The van der Waals surface area contributed by atoms with Gasteiger partial charge in [-0.15, -0.1) is 0 Å². The lowest BCUT2D eigenvalue weighted by atomic mass is 9.44. The maximum atomic E-state index is 14.7. The second-order valence-electron chi connectivity index (χ2n) is 15.5. The van der Waals surface area contributed by atoms with E-state index >= 15 is 0 Å². The van der Waals surface area contributed by atoms with Crippen LogP contribution in [0.1, 0.15) is 96.1 Å². The minimum absolute atomic E-state index is 0.0627. The van der Waals surface area contributed by atoms with Crippen LogP contribution < -0.4 is 0 Å². The van der Waals surface area contributed by atoms with Crippen molar-refractivity contribution < 1.29 is 34.8 Å². The number of carbonyl (C=O) groups is 3. The highest BCUT2D eigenvalue weighted by molar-refractivity contribution is 6.25. The number of hydrogen-bond acceptors (Lipinski definition) is 7. The number of hydrogen-bond donors (Lipinski definition) is 4. The molecule has 4 atom stereocenters. The van der Waals surface area contributed by atoms with Crippen LogP contribution in [-0.2, 0) is 22.4 Å². The molecule has 0 spiro atoms. The van der Waals surface area contributed by atoms with E-state index in [4.69, 9.17) is 0 Å². The Morgan fingerprint density at radius 3 is 2.22 bits per heavy atom. The van der Waals surface area contributed by atoms with E-state index < -0.39 is 51.0 Å². The van der Waals surface area contributed by atoms with Gasteiger partial charge in [-0.25, -0.2) is 0 Å². The van der Waals surface area contributed by atoms with Gasteiger partial charge in [0, 0.05) is 22.3 Å². The summed E-state index contributed by atoms with van der Waals surface area (Å²) in [6, 6.07) is 11.6. The van der Waals surface area contributed by atoms with Crippen molar-refractivity contribution in [3.63, 3.8) is 0 Å². The van der Waals surface area contributed by atoms with E-state index in [0.717, 1.165) is 30.9 Å². The van der Waals surface area contributed by atoms with Crippen molar-refractivity contribution in [3.05, 3.63) is 75.8 Å². The summed E-state index contributed by atoms with van der Waals surface area (Å²) >= 11 is 0. The molecule has 0 amide bonds. The molecule has 45 heavy (non-hydrogen) atoms. The van der Waals surface area contributed by atoms with Crippen LogP contribution in [0.5, 0.6) is 5.75 Å². The topological polar surface area (TPSA) is 132 Å². The maximum absolute atomic E-state index is 14.7. The van der Waals surface area contributed by atoms with Crippen molar-refractivity contribution in [2.45, 2.75) is 93.1 Å². The number of Topliss-reactive ketones (excluding diaryl/α,β-unsaturated/α-hetero) is 3. The summed E-state index contributed by atoms with van der Waals surface area (Å²) in [5.41, 5.74) is -2.71. The van der Waals surface area contributed by atoms with Crippen LogP contribution in [0, 0.1) is 28.1 Å². The van der Waals surface area contributed by atoms with Crippen molar-refractivity contribution in [3.8, 4) is 16.9 Å². The van der Waals surface area contributed by atoms with Gasteiger partial charge in [0.25, 0.3) is 0 Å². The molecule has 0 bridgehead atoms. The van der Waals surface area contributed by atoms with Gasteiger partial charge in [-0.05, 0) is 78.7 Å². The molecule has 0 radical (unpaired) electrons. The second-order valence-corrected chi connectivity index (χ2v) is 15.5. The second kappa shape index (κ2) is 10.7. The number of aliphatic hydroxyl groups is 3. The third-order valence-corrected chi connectivity index (χ3v) is 10.5. The fourth-order valence-electron chi connectivity index (χ4n) is 8.73. The Bertz CT molecular complexity index is 1670. The van der Waals surface area contributed by atoms with E-state index in [0.29, 0.717) is 17.5 Å². The first kappa shape index (κ1) is 32.7. The highest BCUT2D eigenvalue weighted by atomic mass is 16.3. The van der Waals surface area contributed by atoms with Gasteiger partial charge in [-0.2, -0.15) is 0 Å². The lowest BCUT2D eigenvalue weighted by molar-refractivity contribution is -0.171. The van der Waals surface area contributed by atoms with E-state index in [-0.39, 0.29) is 46.8 Å². The normalized spacial score (nSPS) is 28.3. The number of benzene rings is 2. The Balaban J connectivity index is 1.78. The average molecular weight is 615 g/mol. The molecule has 3 aliphatic carbocycles. The first-order valence-electron chi connectivity index (χ1n) is 15.9. The number of carbonyl (C=O) groups excluding carboxylic acids is 3. The molecule has 0 saturated heterocycles. The smallest absolute Gasteiger partial charge is 0.209 e. The van der Waals surface area contributed by atoms with Gasteiger partial charge in [0.2, 0.25) is 5.78 Å². The molecule has 2 aromatic carbocycles. The van der Waals surface area contributed by atoms with Gasteiger partial charge in [0.15, 0.2) is 17.2 Å². The summed E-state index contributed by atoms with van der Waals surface area (Å²) in [7, 11) is 0. The van der Waals surface area contributed by atoms with Gasteiger partial charge in [0.05, 0.1) is 5.56 Å². The molecule has 4 N–H and O–H groups in total. The highest BCUT2D eigenvalue weighted by Gasteiger charge is 2.71. The van der Waals surface area contributed by atoms with E-state index in [1.165, 1.54) is 0 Å². The number of fused-ring (bicyclic) bond motifs is 3. The molecular formula is C38H46O7. The molecule has 2 aromatic rings. The highest BCUT2D eigenvalue weighted by Crippen LogP contribution is 2.65. The summed E-state index contributed by atoms with van der Waals surface area (Å²) in [5.74, 6) is -5.00. The number of phenols is 1. The fourth-order valence-corrected chi connectivity index (χ4v) is 8.73. The zero-order valence-corrected chi connectivity index (χ0v) is 27.7. The number of rotatable bonds is 6. The molecule has 0 fully saturated rings. The molecule has 0 aromatic heterocycles. The first-order chi connectivity index (χ1) is 20.8. The Labute approximate surface area is 265 Å². The molecule has 0 saturated carbocycles. The molecule has 240 valence electrons. The standard InChI is InChI=1S/C38H46O7/c1-20(2)28-31(41)26(21(3)39)33(43)38(45)34(44)29-32(42)27-25(18-36(29,7)19-37(28,38)8)24(22-13-10-9-11-14-22)17-23(30(27)40)15-12-16-35(4,5)6/h9-11,13-14,17,20,28,40-41,44-45H,12,15-16,18-19H2,1-8H3/t28?,36-,37-,38+/m1/s1. The molecule has 7 heteroatoms. The Morgan fingerprint density at radius 2 is 1.67 bits per heavy atom. The number of aryl methyl sites for hydroxylation is 1. The fraction of sp³-hybridized carbons (Fsp3) is 0.500. The third kappa shape index (κ3) is 4.77. The van der Waals surface area contributed by atoms with Crippen LogP contribution >= 0.6 is 0 Å². The van der Waals surface area contributed by atoms with Crippen molar-refractivity contribution in [2.75, 3.05) is 0 Å². The Morgan fingerprint density at radius 1 is 1.04 bits per heavy atom. The molecule has 7 nitrogen and oxygen atoms in total. The van der Waals surface area contributed by atoms with Crippen LogP contribution in [-0.4, -0.2) is 43.4 Å². The van der Waals surface area contributed by atoms with Crippen LogP contribution in [0.2, 0.25) is 0 Å². The zero-order chi connectivity index (χ0) is 33.4. The Kier molecular flexibility index (Phi) is 7.76. The lowest BCUT2D eigenvalue weighted by Gasteiger charge is -2.59. The number of aliphatic hydroxyl groups excluding tert-OH is 2. The van der Waals surface area contributed by atoms with Crippen LogP contribution in [0.3, 0.4) is 0 Å². The van der Waals surface area contributed by atoms with Crippen LogP contribution in [0.25, 0.3) is 11.1 Å². The monoisotopic (exact) mass is 614 g/mol. The van der Waals surface area contributed by atoms with Crippen molar-refractivity contribution >= 4 is 17.3 Å². The average Bonchev–Trinajstić information content (AvgIpc) is 2.91. The minimum atomic E-state index is -2.63. The summed E-state index contributed by atoms with van der Waals surface area (Å²) in [4.78, 5) is 41.3. The molecule has 0 aliphatic heterocycles. The number of ketones is 3. The minimum Gasteiger partial charge on any atom is -0.511 e. The van der Waals surface area contributed by atoms with Gasteiger partial charge in [-0.3, -0.25) is 14.4 Å². The summed E-state index contributed by atoms with van der Waals surface area (Å²) in [6.45, 7) is 14.7. The van der Waals surface area contributed by atoms with E-state index in [1.807, 2.05) is 57.2 Å². The van der Waals surface area contributed by atoms with Crippen LogP contribution in [0.15, 0.2) is 59.1 Å². The van der Waals surface area contributed by atoms with E-state index in [1.54, 1.807) is 6.92 Å². The number of allylic oxidation sites excluding steroid dienone is 2. The molecule has 1 unspecified atom stereocenters. The van der Waals surface area contributed by atoms with Crippen molar-refractivity contribution in [1.29, 1.82) is 0 Å². The van der Waals surface area contributed by atoms with Crippen molar-refractivity contribution in [1.82, 2.24) is 0 Å². The molecule has 0 heterocycles. The van der Waals surface area contributed by atoms with E-state index in [9.17, 15) is 34.8 Å². The van der Waals surface area contributed by atoms with Gasteiger partial charge >= 0.3 is 0 Å². The van der Waals surface area contributed by atoms with Crippen molar-refractivity contribution in [2.24, 2.45) is 28.1 Å². The summed E-state index contributed by atoms with van der Waals surface area (Å²) in [5, 5.41) is 47.4. The zero-order valence-electron chi connectivity index (χ0n) is 27.7. The van der Waals surface area contributed by atoms with Gasteiger partial charge < -0.3 is 20.4 Å². The first-order valence-corrected chi connectivity index (χ1v) is 15.9. The summed E-state index contributed by atoms with van der Waals surface area (Å²) < 4.78 is 0.